The van der Waals surface area contributed by atoms with Gasteiger partial charge in [0.1, 0.15) is 5.75 Å². The molecule has 10 heteroatoms. The molecule has 3 rings (SSSR count). The van der Waals surface area contributed by atoms with Crippen LogP contribution < -0.4 is 32.0 Å². The summed E-state index contributed by atoms with van der Waals surface area (Å²) in [6, 6.07) is 13.3. The summed E-state index contributed by atoms with van der Waals surface area (Å²) in [4.78, 5) is 31.4. The van der Waals surface area contributed by atoms with E-state index in [9.17, 15) is 14.0 Å². The molecular weight excluding hydrogens is 415 g/mol. The third-order valence-corrected chi connectivity index (χ3v) is 4.53. The number of ether oxygens (including phenoxy) is 1. The first-order valence-corrected chi connectivity index (χ1v) is 10.1. The number of nitrogens with one attached hydrogen (secondary N) is 4. The first kappa shape index (κ1) is 22.9. The van der Waals surface area contributed by atoms with Gasteiger partial charge in [0.15, 0.2) is 0 Å². The Morgan fingerprint density at radius 2 is 1.91 bits per heavy atom. The molecule has 0 aliphatic heterocycles. The van der Waals surface area contributed by atoms with Gasteiger partial charge in [-0.2, -0.15) is 4.98 Å². The Bertz CT molecular complexity index is 1090. The number of halogens is 1. The second kappa shape index (κ2) is 11.6. The third kappa shape index (κ3) is 6.37. The molecule has 0 unspecified atom stereocenters. The molecule has 0 saturated carbocycles. The zero-order valence-electron chi connectivity index (χ0n) is 17.4. The zero-order chi connectivity index (χ0) is 22.8. The fourth-order valence-electron chi connectivity index (χ4n) is 2.94. The van der Waals surface area contributed by atoms with Gasteiger partial charge in [0.05, 0.1) is 11.3 Å². The first-order chi connectivity index (χ1) is 15.6. The molecule has 32 heavy (non-hydrogen) atoms. The van der Waals surface area contributed by atoms with Crippen molar-refractivity contribution in [2.75, 3.05) is 30.6 Å². The number of hydrogen-bond donors (Lipinski definition) is 5. The van der Waals surface area contributed by atoms with Gasteiger partial charge in [-0.1, -0.05) is 36.4 Å². The van der Waals surface area contributed by atoms with Gasteiger partial charge in [-0.15, -0.1) is 0 Å². The number of carbonyl (C=O) groups excluding carboxylic acids is 1. The molecule has 2 amide bonds. The van der Waals surface area contributed by atoms with Crippen molar-refractivity contribution in [1.29, 1.82) is 0 Å². The number of amides is 2. The summed E-state index contributed by atoms with van der Waals surface area (Å²) < 4.78 is 17.3. The lowest BCUT2D eigenvalue weighted by Gasteiger charge is -2.11. The Balaban J connectivity index is 1.63. The summed E-state index contributed by atoms with van der Waals surface area (Å²) in [5, 5.41) is 8.26. The zero-order valence-corrected chi connectivity index (χ0v) is 17.4. The normalized spacial score (nSPS) is 10.6. The fourth-order valence-corrected chi connectivity index (χ4v) is 2.94. The average Bonchev–Trinajstić information content (AvgIpc) is 2.79. The molecule has 3 aromatic rings. The molecule has 1 aromatic heterocycles. The summed E-state index contributed by atoms with van der Waals surface area (Å²) in [6.45, 7) is 1.18. The van der Waals surface area contributed by atoms with Gasteiger partial charge < -0.3 is 26.1 Å². The van der Waals surface area contributed by atoms with Crippen LogP contribution in [0.15, 0.2) is 59.5 Å². The molecule has 0 aliphatic carbocycles. The van der Waals surface area contributed by atoms with E-state index in [2.05, 4.69) is 25.9 Å². The van der Waals surface area contributed by atoms with Gasteiger partial charge in [-0.05, 0) is 42.8 Å². The van der Waals surface area contributed by atoms with E-state index in [-0.39, 0.29) is 17.4 Å². The highest BCUT2D eigenvalue weighted by Gasteiger charge is 2.11. The monoisotopic (exact) mass is 440 g/mol. The molecule has 0 saturated heterocycles. The number of urea groups is 1. The lowest BCUT2D eigenvalue weighted by Crippen LogP contribution is -2.23. The van der Waals surface area contributed by atoms with Gasteiger partial charge in [-0.25, -0.2) is 9.18 Å². The van der Waals surface area contributed by atoms with Crippen LogP contribution in [0.2, 0.25) is 0 Å². The van der Waals surface area contributed by atoms with Gasteiger partial charge in [0.2, 0.25) is 12.8 Å². The van der Waals surface area contributed by atoms with Gasteiger partial charge in [-0.3, -0.25) is 10.1 Å². The maximum absolute atomic E-state index is 12.5. The molecule has 0 fully saturated rings. The van der Waals surface area contributed by atoms with Crippen molar-refractivity contribution < 1.29 is 13.9 Å². The van der Waals surface area contributed by atoms with Crippen LogP contribution in [-0.2, 0) is 6.54 Å². The van der Waals surface area contributed by atoms with Gasteiger partial charge >= 0.3 is 6.03 Å². The molecular formula is C22H25FN6O3. The van der Waals surface area contributed by atoms with Crippen LogP contribution >= 0.6 is 0 Å². The minimum Gasteiger partial charge on any atom is -0.461 e. The second-order valence-electron chi connectivity index (χ2n) is 6.81. The Labute approximate surface area is 184 Å². The van der Waals surface area contributed by atoms with E-state index in [1.54, 1.807) is 18.2 Å². The van der Waals surface area contributed by atoms with E-state index < -0.39 is 18.5 Å². The number of nitrogens with two attached hydrogens (primary N) is 1. The Morgan fingerprint density at radius 1 is 1.12 bits per heavy atom. The second-order valence-corrected chi connectivity index (χ2v) is 6.81. The van der Waals surface area contributed by atoms with Crippen molar-refractivity contribution in [3.05, 3.63) is 70.6 Å². The SMILES string of the molecule is NCCCNCc1ccc(-c2c[nH]c(NC(=O)Nc3ccccc3OCF)nc2=O)cc1. The molecule has 168 valence electrons. The van der Waals surface area contributed by atoms with E-state index in [1.165, 1.54) is 12.3 Å². The average molecular weight is 440 g/mol. The summed E-state index contributed by atoms with van der Waals surface area (Å²) >= 11 is 0. The number of nitrogens with zero attached hydrogens (tertiary/aromatic N) is 1. The topological polar surface area (TPSA) is 134 Å². The highest BCUT2D eigenvalue weighted by molar-refractivity contribution is 5.99. The van der Waals surface area contributed by atoms with Crippen LogP contribution in [0.3, 0.4) is 0 Å². The lowest BCUT2D eigenvalue weighted by atomic mass is 10.1. The van der Waals surface area contributed by atoms with Crippen LogP contribution in [-0.4, -0.2) is 35.9 Å². The van der Waals surface area contributed by atoms with Crippen LogP contribution in [0.1, 0.15) is 12.0 Å². The molecule has 0 radical (unpaired) electrons. The van der Waals surface area contributed by atoms with Crippen molar-refractivity contribution in [2.45, 2.75) is 13.0 Å². The standard InChI is InChI=1S/C22H25FN6O3/c23-14-32-19-5-2-1-4-18(19)27-22(31)29-21-26-13-17(20(30)28-21)16-8-6-15(7-9-16)12-25-11-3-10-24/h1-2,4-9,13,25H,3,10-12,14,24H2,(H3,26,27,28,29,30,31). The predicted octanol–water partition coefficient (Wildman–Crippen LogP) is 2.83. The number of carbonyl (C=O) groups is 1. The minimum absolute atomic E-state index is 0.0270. The number of anilines is 2. The molecule has 2 aromatic carbocycles. The molecule has 0 aliphatic rings. The number of hydrogen-bond acceptors (Lipinski definition) is 6. The predicted molar refractivity (Wildman–Crippen MR) is 121 cm³/mol. The number of H-pyrrole nitrogens is 1. The van der Waals surface area contributed by atoms with Crippen molar-refractivity contribution in [1.82, 2.24) is 15.3 Å². The van der Waals surface area contributed by atoms with Crippen LogP contribution in [0.25, 0.3) is 11.1 Å². The number of aromatic amines is 1. The number of alkyl halides is 1. The van der Waals surface area contributed by atoms with Crippen LogP contribution in [0.5, 0.6) is 5.75 Å². The minimum atomic E-state index is -1.03. The summed E-state index contributed by atoms with van der Waals surface area (Å²) in [5.74, 6) is 0.154. The number of rotatable bonds is 10. The lowest BCUT2D eigenvalue weighted by molar-refractivity contribution is 0.192. The highest BCUT2D eigenvalue weighted by atomic mass is 19.1. The largest absolute Gasteiger partial charge is 0.461 e. The van der Waals surface area contributed by atoms with E-state index in [4.69, 9.17) is 10.5 Å². The van der Waals surface area contributed by atoms with Crippen LogP contribution in [0, 0.1) is 0 Å². The maximum Gasteiger partial charge on any atom is 0.326 e. The molecule has 6 N–H and O–H groups in total. The van der Waals surface area contributed by atoms with E-state index in [0.29, 0.717) is 24.2 Å². The smallest absolute Gasteiger partial charge is 0.326 e. The third-order valence-electron chi connectivity index (χ3n) is 4.53. The number of aromatic nitrogens is 2. The van der Waals surface area contributed by atoms with Gasteiger partial charge in [0.25, 0.3) is 5.56 Å². The van der Waals surface area contributed by atoms with Crippen molar-refractivity contribution in [3.63, 3.8) is 0 Å². The Hall–Kier alpha value is -3.76. The first-order valence-electron chi connectivity index (χ1n) is 10.1. The molecule has 1 heterocycles. The summed E-state index contributed by atoms with van der Waals surface area (Å²) in [6.07, 6.45) is 2.40. The van der Waals surface area contributed by atoms with Crippen molar-refractivity contribution >= 4 is 17.7 Å². The molecule has 0 spiro atoms. The molecule has 9 nitrogen and oxygen atoms in total. The van der Waals surface area contributed by atoms with Crippen molar-refractivity contribution in [3.8, 4) is 16.9 Å². The fraction of sp³-hybridized carbons (Fsp3) is 0.227. The number of benzene rings is 2. The van der Waals surface area contributed by atoms with E-state index in [1.807, 2.05) is 24.3 Å². The maximum atomic E-state index is 12.5. The number of para-hydroxylation sites is 2. The Morgan fingerprint density at radius 3 is 2.62 bits per heavy atom. The summed E-state index contributed by atoms with van der Waals surface area (Å²) in [7, 11) is 0. The highest BCUT2D eigenvalue weighted by Crippen LogP contribution is 2.23. The van der Waals surface area contributed by atoms with Crippen LogP contribution in [0.4, 0.5) is 20.8 Å². The Kier molecular flexibility index (Phi) is 8.29. The van der Waals surface area contributed by atoms with Gasteiger partial charge in [0, 0.05) is 12.7 Å². The molecule has 0 atom stereocenters. The van der Waals surface area contributed by atoms with E-state index >= 15 is 0 Å². The summed E-state index contributed by atoms with van der Waals surface area (Å²) in [5.41, 5.74) is 7.42. The van der Waals surface area contributed by atoms with E-state index in [0.717, 1.165) is 18.5 Å². The quantitative estimate of drug-likeness (QED) is 0.308. The molecule has 0 bridgehead atoms. The van der Waals surface area contributed by atoms with Crippen molar-refractivity contribution in [2.24, 2.45) is 5.73 Å².